The number of fused-ring (bicyclic) bond motifs is 1. The van der Waals surface area contributed by atoms with Crippen LogP contribution in [0.5, 0.6) is 0 Å². The predicted octanol–water partition coefficient (Wildman–Crippen LogP) is 3.54. The highest BCUT2D eigenvalue weighted by Gasteiger charge is 2.09. The van der Waals surface area contributed by atoms with E-state index in [9.17, 15) is 0 Å². The number of rotatable bonds is 5. The Morgan fingerprint density at radius 2 is 2.06 bits per heavy atom. The minimum absolute atomic E-state index is 0.939. The van der Waals surface area contributed by atoms with Crippen molar-refractivity contribution in [3.63, 3.8) is 0 Å². The minimum atomic E-state index is 0.939. The van der Waals surface area contributed by atoms with E-state index in [4.69, 9.17) is 0 Å². The second-order valence-electron chi connectivity index (χ2n) is 4.68. The van der Waals surface area contributed by atoms with Gasteiger partial charge in [-0.3, -0.25) is 0 Å². The summed E-state index contributed by atoms with van der Waals surface area (Å²) in [6, 6.07) is 8.60. The average Bonchev–Trinajstić information content (AvgIpc) is 2.64. The molecule has 0 saturated carbocycles. The fourth-order valence-electron chi connectivity index (χ4n) is 2.45. The van der Waals surface area contributed by atoms with Crippen LogP contribution in [0.3, 0.4) is 0 Å². The molecule has 0 aliphatic heterocycles. The largest absolute Gasteiger partial charge is 0.346 e. The molecule has 2 rings (SSSR count). The Labute approximate surface area is 109 Å². The number of allylic oxidation sites excluding steroid dienone is 1. The number of hydrogen-bond donors (Lipinski definition) is 1. The number of nitrogens with one attached hydrogen (secondary N) is 1. The molecule has 0 spiro atoms. The van der Waals surface area contributed by atoms with Crippen LogP contribution in [0, 0.1) is 6.92 Å². The maximum Gasteiger partial charge on any atom is 0.0483 e. The fourth-order valence-corrected chi connectivity index (χ4v) is 2.45. The van der Waals surface area contributed by atoms with E-state index in [2.05, 4.69) is 67.2 Å². The molecule has 1 N–H and O–H groups in total. The van der Waals surface area contributed by atoms with Gasteiger partial charge in [-0.25, -0.2) is 0 Å². The van der Waals surface area contributed by atoms with Crippen LogP contribution in [0.1, 0.15) is 24.6 Å². The number of hydrogen-bond acceptors (Lipinski definition) is 1. The Kier molecular flexibility index (Phi) is 4.21. The Morgan fingerprint density at radius 1 is 1.28 bits per heavy atom. The molecule has 0 saturated heterocycles. The third kappa shape index (κ3) is 2.49. The Balaban J connectivity index is 2.13. The summed E-state index contributed by atoms with van der Waals surface area (Å²) in [6.45, 7) is 6.25. The molecule has 2 heteroatoms. The highest BCUT2D eigenvalue weighted by Crippen LogP contribution is 2.24. The molecular weight excluding hydrogens is 220 g/mol. The van der Waals surface area contributed by atoms with Gasteiger partial charge in [0.1, 0.15) is 0 Å². The van der Waals surface area contributed by atoms with E-state index in [-0.39, 0.29) is 0 Å². The zero-order valence-corrected chi connectivity index (χ0v) is 11.5. The summed E-state index contributed by atoms with van der Waals surface area (Å²) in [5.41, 5.74) is 4.10. The van der Waals surface area contributed by atoms with Gasteiger partial charge >= 0.3 is 0 Å². The lowest BCUT2D eigenvalue weighted by atomic mass is 10.1. The number of nitrogens with zero attached hydrogens (tertiary/aromatic N) is 1. The van der Waals surface area contributed by atoms with E-state index in [0.717, 1.165) is 19.5 Å². The van der Waals surface area contributed by atoms with Crippen LogP contribution in [0.25, 0.3) is 10.9 Å². The minimum Gasteiger partial charge on any atom is -0.346 e. The number of para-hydroxylation sites is 1. The molecule has 18 heavy (non-hydrogen) atoms. The van der Waals surface area contributed by atoms with Crippen LogP contribution in [0.15, 0.2) is 36.4 Å². The van der Waals surface area contributed by atoms with Gasteiger partial charge in [-0.05, 0) is 38.4 Å². The maximum absolute atomic E-state index is 3.51. The van der Waals surface area contributed by atoms with Crippen LogP contribution in [0.2, 0.25) is 0 Å². The van der Waals surface area contributed by atoms with Crippen LogP contribution < -0.4 is 5.32 Å². The third-order valence-electron chi connectivity index (χ3n) is 3.52. The molecule has 2 aromatic rings. The lowest BCUT2D eigenvalue weighted by Crippen LogP contribution is -2.16. The van der Waals surface area contributed by atoms with Gasteiger partial charge in [-0.2, -0.15) is 0 Å². The average molecular weight is 242 g/mol. The molecule has 0 unspecified atom stereocenters. The summed E-state index contributed by atoms with van der Waals surface area (Å²) in [4.78, 5) is 0. The van der Waals surface area contributed by atoms with Gasteiger partial charge in [0.05, 0.1) is 0 Å². The van der Waals surface area contributed by atoms with E-state index in [1.54, 1.807) is 0 Å². The first kappa shape index (κ1) is 12.9. The Morgan fingerprint density at radius 3 is 2.78 bits per heavy atom. The second kappa shape index (κ2) is 5.87. The summed E-state index contributed by atoms with van der Waals surface area (Å²) in [5.74, 6) is 0. The molecule has 2 nitrogen and oxygen atoms in total. The Bertz CT molecular complexity index is 510. The summed E-state index contributed by atoms with van der Waals surface area (Å²) in [7, 11) is 2.15. The number of aromatic nitrogens is 1. The van der Waals surface area contributed by atoms with Crippen molar-refractivity contribution in [2.24, 2.45) is 7.05 Å². The van der Waals surface area contributed by atoms with Gasteiger partial charge in [-0.1, -0.05) is 30.4 Å². The highest BCUT2D eigenvalue weighted by atomic mass is 15.0. The highest BCUT2D eigenvalue weighted by molar-refractivity contribution is 5.85. The first-order valence-electron chi connectivity index (χ1n) is 6.60. The number of aryl methyl sites for hydroxylation is 2. The van der Waals surface area contributed by atoms with E-state index in [1.165, 1.54) is 22.2 Å². The lowest BCUT2D eigenvalue weighted by Gasteiger charge is -2.07. The maximum atomic E-state index is 3.51. The van der Waals surface area contributed by atoms with Gasteiger partial charge in [0.25, 0.3) is 0 Å². The molecule has 0 bridgehead atoms. The van der Waals surface area contributed by atoms with Crippen LogP contribution in [-0.2, 0) is 13.6 Å². The lowest BCUT2D eigenvalue weighted by molar-refractivity contribution is 0.660. The van der Waals surface area contributed by atoms with Crippen molar-refractivity contribution >= 4 is 10.9 Å². The van der Waals surface area contributed by atoms with Crippen molar-refractivity contribution in [2.75, 3.05) is 6.54 Å². The smallest absolute Gasteiger partial charge is 0.0483 e. The summed E-state index contributed by atoms with van der Waals surface area (Å²) >= 11 is 0. The second-order valence-corrected chi connectivity index (χ2v) is 4.68. The van der Waals surface area contributed by atoms with Crippen molar-refractivity contribution in [3.05, 3.63) is 47.7 Å². The van der Waals surface area contributed by atoms with E-state index in [1.807, 2.05) is 0 Å². The van der Waals surface area contributed by atoms with Gasteiger partial charge in [-0.15, -0.1) is 0 Å². The van der Waals surface area contributed by atoms with Gasteiger partial charge in [0.2, 0.25) is 0 Å². The zero-order valence-electron chi connectivity index (χ0n) is 11.5. The molecule has 1 aromatic carbocycles. The van der Waals surface area contributed by atoms with Crippen LogP contribution in [0.4, 0.5) is 0 Å². The summed E-state index contributed by atoms with van der Waals surface area (Å²) < 4.78 is 2.30. The Hall–Kier alpha value is -1.54. The molecule has 0 amide bonds. The van der Waals surface area contributed by atoms with Crippen molar-refractivity contribution < 1.29 is 0 Å². The van der Waals surface area contributed by atoms with Crippen molar-refractivity contribution in [3.8, 4) is 0 Å². The quantitative estimate of drug-likeness (QED) is 0.627. The summed E-state index contributed by atoms with van der Waals surface area (Å²) in [6.07, 6.45) is 5.39. The normalized spacial score (nSPS) is 11.7. The summed E-state index contributed by atoms with van der Waals surface area (Å²) in [5, 5.41) is 4.87. The van der Waals surface area contributed by atoms with Crippen molar-refractivity contribution in [1.29, 1.82) is 0 Å². The molecule has 1 aromatic heterocycles. The molecular formula is C16H22N2. The molecule has 0 aliphatic carbocycles. The fraction of sp³-hybridized carbons (Fsp3) is 0.375. The van der Waals surface area contributed by atoms with E-state index < -0.39 is 0 Å². The zero-order chi connectivity index (χ0) is 13.0. The van der Waals surface area contributed by atoms with Gasteiger partial charge in [0.15, 0.2) is 0 Å². The standard InChI is InChI=1S/C16H22N2/c1-4-5-8-11-17-12-16-13(2)14-9-6-7-10-15(14)18(16)3/h4-7,9-10,17H,8,11-12H2,1-3H3/b5-4+. The third-order valence-corrected chi connectivity index (χ3v) is 3.52. The topological polar surface area (TPSA) is 17.0 Å². The first-order valence-corrected chi connectivity index (χ1v) is 6.60. The van der Waals surface area contributed by atoms with Crippen molar-refractivity contribution in [2.45, 2.75) is 26.8 Å². The molecule has 0 radical (unpaired) electrons. The van der Waals surface area contributed by atoms with Crippen LogP contribution in [-0.4, -0.2) is 11.1 Å². The van der Waals surface area contributed by atoms with Crippen molar-refractivity contribution in [1.82, 2.24) is 9.88 Å². The molecule has 96 valence electrons. The van der Waals surface area contributed by atoms with Crippen LogP contribution >= 0.6 is 0 Å². The predicted molar refractivity (Wildman–Crippen MR) is 78.8 cm³/mol. The molecule has 0 atom stereocenters. The monoisotopic (exact) mass is 242 g/mol. The number of benzene rings is 1. The molecule has 1 heterocycles. The van der Waals surface area contributed by atoms with E-state index in [0.29, 0.717) is 0 Å². The SMILES string of the molecule is C/C=C/CCNCc1c(C)c2ccccc2n1C. The molecule has 0 fully saturated rings. The van der Waals surface area contributed by atoms with E-state index >= 15 is 0 Å². The van der Waals surface area contributed by atoms with Gasteiger partial charge < -0.3 is 9.88 Å². The molecule has 0 aliphatic rings. The first-order chi connectivity index (χ1) is 8.75. The van der Waals surface area contributed by atoms with Gasteiger partial charge in [0, 0.05) is 30.2 Å².